The maximum absolute atomic E-state index is 13.1. The number of hydrogen-bond donors (Lipinski definition) is 2. The fourth-order valence-electron chi connectivity index (χ4n) is 2.40. The van der Waals surface area contributed by atoms with Crippen molar-refractivity contribution >= 4 is 11.8 Å². The van der Waals surface area contributed by atoms with Crippen molar-refractivity contribution in [2.45, 2.75) is 26.3 Å². The number of carbonyl (C=O) groups is 2. The van der Waals surface area contributed by atoms with E-state index < -0.39 is 11.7 Å². The molecule has 1 aromatic rings. The zero-order valence-electron chi connectivity index (χ0n) is 12.1. The van der Waals surface area contributed by atoms with Crippen molar-refractivity contribution in [3.63, 3.8) is 0 Å². The Balaban J connectivity index is 1.98. The van der Waals surface area contributed by atoms with E-state index >= 15 is 0 Å². The molecule has 2 N–H and O–H groups in total. The van der Waals surface area contributed by atoms with Crippen molar-refractivity contribution in [1.82, 2.24) is 10.2 Å². The second kappa shape index (κ2) is 6.11. The number of phenolic OH excluding ortho intramolecular Hbond substituents is 1. The van der Waals surface area contributed by atoms with Crippen LogP contribution in [0.2, 0.25) is 0 Å². The fourth-order valence-corrected chi connectivity index (χ4v) is 2.40. The first-order chi connectivity index (χ1) is 9.88. The lowest BCUT2D eigenvalue weighted by atomic mass is 10.1. The molecule has 0 aliphatic carbocycles. The lowest BCUT2D eigenvalue weighted by Gasteiger charge is -2.19. The highest BCUT2D eigenvalue weighted by atomic mass is 19.1. The van der Waals surface area contributed by atoms with E-state index in [2.05, 4.69) is 5.32 Å². The van der Waals surface area contributed by atoms with Crippen LogP contribution in [0.1, 0.15) is 30.6 Å². The number of carbonyl (C=O) groups excluding carboxylic acids is 2. The largest absolute Gasteiger partial charge is 0.507 e. The van der Waals surface area contributed by atoms with Gasteiger partial charge in [0.05, 0.1) is 5.56 Å². The van der Waals surface area contributed by atoms with Crippen LogP contribution in [0.15, 0.2) is 18.2 Å². The molecule has 2 amide bonds. The highest BCUT2D eigenvalue weighted by molar-refractivity contribution is 5.97. The molecule has 5 nitrogen and oxygen atoms in total. The summed E-state index contributed by atoms with van der Waals surface area (Å²) < 4.78 is 13.1. The summed E-state index contributed by atoms with van der Waals surface area (Å²) in [6, 6.07) is 3.05. The molecule has 1 atom stereocenters. The minimum absolute atomic E-state index is 0.0559. The van der Waals surface area contributed by atoms with Gasteiger partial charge >= 0.3 is 0 Å². The minimum atomic E-state index is -0.582. The lowest BCUT2D eigenvalue weighted by molar-refractivity contribution is -0.133. The molecule has 0 bridgehead atoms. The molecule has 2 rings (SSSR count). The molecule has 1 aliphatic rings. The van der Waals surface area contributed by atoms with E-state index in [0.717, 1.165) is 18.2 Å². The number of rotatable bonds is 3. The van der Waals surface area contributed by atoms with E-state index in [1.165, 1.54) is 0 Å². The number of aromatic hydroxyl groups is 1. The number of nitrogens with zero attached hydrogens (tertiary/aromatic N) is 1. The number of benzene rings is 1. The second-order valence-electron chi connectivity index (χ2n) is 5.56. The second-order valence-corrected chi connectivity index (χ2v) is 5.56. The standard InChI is InChI=1S/C15H19FN2O3/c1-9(2)15(21)18-6-5-11(8-18)17-14(20)12-7-10(16)3-4-13(12)19/h3-4,7,9,11,19H,5-6,8H2,1-2H3,(H,17,20)/t11-/m0/s1. The molecule has 1 saturated heterocycles. The number of nitrogens with one attached hydrogen (secondary N) is 1. The Hall–Kier alpha value is -2.11. The summed E-state index contributed by atoms with van der Waals surface area (Å²) in [5.41, 5.74) is -0.0939. The highest BCUT2D eigenvalue weighted by Gasteiger charge is 2.29. The summed E-state index contributed by atoms with van der Waals surface area (Å²) in [5.74, 6) is -1.40. The Labute approximate surface area is 122 Å². The summed E-state index contributed by atoms with van der Waals surface area (Å²) in [4.78, 5) is 25.6. The average Bonchev–Trinajstić information content (AvgIpc) is 2.88. The number of phenols is 1. The van der Waals surface area contributed by atoms with Gasteiger partial charge in [-0.3, -0.25) is 9.59 Å². The molecule has 1 heterocycles. The summed E-state index contributed by atoms with van der Waals surface area (Å²) in [5, 5.41) is 12.3. The third kappa shape index (κ3) is 3.51. The predicted molar refractivity (Wildman–Crippen MR) is 75.4 cm³/mol. The molecule has 0 saturated carbocycles. The first-order valence-electron chi connectivity index (χ1n) is 6.96. The van der Waals surface area contributed by atoms with Gasteiger partial charge in [0.15, 0.2) is 0 Å². The van der Waals surface area contributed by atoms with Gasteiger partial charge in [0.25, 0.3) is 5.91 Å². The van der Waals surface area contributed by atoms with Crippen LogP contribution in [0.4, 0.5) is 4.39 Å². The number of hydrogen-bond acceptors (Lipinski definition) is 3. The Morgan fingerprint density at radius 3 is 2.81 bits per heavy atom. The molecule has 0 radical (unpaired) electrons. The molecule has 0 unspecified atom stereocenters. The zero-order valence-corrected chi connectivity index (χ0v) is 12.1. The van der Waals surface area contributed by atoms with E-state index in [4.69, 9.17) is 0 Å². The number of halogens is 1. The topological polar surface area (TPSA) is 69.6 Å². The van der Waals surface area contributed by atoms with Gasteiger partial charge in [0.2, 0.25) is 5.91 Å². The van der Waals surface area contributed by atoms with Crippen molar-refractivity contribution < 1.29 is 19.1 Å². The van der Waals surface area contributed by atoms with E-state index in [9.17, 15) is 19.1 Å². The number of likely N-dealkylation sites (tertiary alicyclic amines) is 1. The van der Waals surface area contributed by atoms with E-state index in [-0.39, 0.29) is 29.2 Å². The van der Waals surface area contributed by atoms with Gasteiger partial charge < -0.3 is 15.3 Å². The molecular formula is C15H19FN2O3. The van der Waals surface area contributed by atoms with E-state index in [1.54, 1.807) is 4.90 Å². The van der Waals surface area contributed by atoms with E-state index in [1.807, 2.05) is 13.8 Å². The van der Waals surface area contributed by atoms with Crippen LogP contribution in [0, 0.1) is 11.7 Å². The van der Waals surface area contributed by atoms with Crippen LogP contribution in [0.5, 0.6) is 5.75 Å². The maximum atomic E-state index is 13.1. The molecule has 114 valence electrons. The smallest absolute Gasteiger partial charge is 0.255 e. The van der Waals surface area contributed by atoms with Crippen LogP contribution in [-0.4, -0.2) is 41.0 Å². The average molecular weight is 294 g/mol. The van der Waals surface area contributed by atoms with Crippen molar-refractivity contribution in [2.24, 2.45) is 5.92 Å². The summed E-state index contributed by atoms with van der Waals surface area (Å²) >= 11 is 0. The maximum Gasteiger partial charge on any atom is 0.255 e. The normalized spacial score (nSPS) is 18.1. The van der Waals surface area contributed by atoms with Crippen molar-refractivity contribution in [1.29, 1.82) is 0 Å². The van der Waals surface area contributed by atoms with Gasteiger partial charge in [-0.05, 0) is 24.6 Å². The summed E-state index contributed by atoms with van der Waals surface area (Å²) in [6.45, 7) is 4.70. The van der Waals surface area contributed by atoms with Gasteiger partial charge in [-0.2, -0.15) is 0 Å². The quantitative estimate of drug-likeness (QED) is 0.888. The van der Waals surface area contributed by atoms with Crippen LogP contribution >= 0.6 is 0 Å². The Bertz CT molecular complexity index is 560. The van der Waals surface area contributed by atoms with Crippen LogP contribution in [0.25, 0.3) is 0 Å². The van der Waals surface area contributed by atoms with Crippen molar-refractivity contribution in [3.8, 4) is 5.75 Å². The summed E-state index contributed by atoms with van der Waals surface area (Å²) in [6.07, 6.45) is 0.653. The van der Waals surface area contributed by atoms with Gasteiger partial charge in [-0.25, -0.2) is 4.39 Å². The van der Waals surface area contributed by atoms with Crippen molar-refractivity contribution in [3.05, 3.63) is 29.6 Å². The molecule has 1 fully saturated rings. The predicted octanol–water partition coefficient (Wildman–Crippen LogP) is 1.52. The Morgan fingerprint density at radius 2 is 2.14 bits per heavy atom. The molecule has 21 heavy (non-hydrogen) atoms. The van der Waals surface area contributed by atoms with Gasteiger partial charge in [-0.15, -0.1) is 0 Å². The zero-order chi connectivity index (χ0) is 15.6. The Morgan fingerprint density at radius 1 is 1.43 bits per heavy atom. The van der Waals surface area contributed by atoms with Crippen LogP contribution < -0.4 is 5.32 Å². The summed E-state index contributed by atoms with van der Waals surface area (Å²) in [7, 11) is 0. The van der Waals surface area contributed by atoms with Gasteiger partial charge in [0.1, 0.15) is 11.6 Å². The third-order valence-electron chi connectivity index (χ3n) is 3.53. The minimum Gasteiger partial charge on any atom is -0.507 e. The molecule has 1 aliphatic heterocycles. The molecule has 6 heteroatoms. The van der Waals surface area contributed by atoms with Crippen molar-refractivity contribution in [2.75, 3.05) is 13.1 Å². The van der Waals surface area contributed by atoms with Crippen LogP contribution in [-0.2, 0) is 4.79 Å². The lowest BCUT2D eigenvalue weighted by Crippen LogP contribution is -2.39. The first kappa shape index (κ1) is 15.3. The molecule has 0 aromatic heterocycles. The highest BCUT2D eigenvalue weighted by Crippen LogP contribution is 2.19. The molecule has 0 spiro atoms. The number of amides is 2. The SMILES string of the molecule is CC(C)C(=O)N1CC[C@H](NC(=O)c2cc(F)ccc2O)C1. The monoisotopic (exact) mass is 294 g/mol. The third-order valence-corrected chi connectivity index (χ3v) is 3.53. The Kier molecular flexibility index (Phi) is 4.45. The fraction of sp³-hybridized carbons (Fsp3) is 0.467. The molecule has 1 aromatic carbocycles. The van der Waals surface area contributed by atoms with Gasteiger partial charge in [0, 0.05) is 25.0 Å². The van der Waals surface area contributed by atoms with Crippen LogP contribution in [0.3, 0.4) is 0 Å². The molecular weight excluding hydrogens is 275 g/mol. The van der Waals surface area contributed by atoms with E-state index in [0.29, 0.717) is 19.5 Å². The van der Waals surface area contributed by atoms with Gasteiger partial charge in [-0.1, -0.05) is 13.8 Å². The first-order valence-corrected chi connectivity index (χ1v) is 6.96.